The standard InChI is InChI=1S/C20H26N2O3/c1-4-5-11-21-12-6-7-17(21)19(23)18-9-8-16-15(10-13-22(16)18)20(24)25-14(2)3/h6-9,12,14-15H,4-5,10-11,13H2,1-3H3. The molecule has 0 saturated heterocycles. The summed E-state index contributed by atoms with van der Waals surface area (Å²) in [6.45, 7) is 7.37. The van der Waals surface area contributed by atoms with Crippen molar-refractivity contribution in [1.29, 1.82) is 0 Å². The lowest BCUT2D eigenvalue weighted by Crippen LogP contribution is -2.18. The molecule has 0 aliphatic carbocycles. The molecular formula is C20H26N2O3. The van der Waals surface area contributed by atoms with Gasteiger partial charge in [0, 0.05) is 25.0 Å². The van der Waals surface area contributed by atoms with Crippen molar-refractivity contribution in [3.05, 3.63) is 47.5 Å². The third-order valence-electron chi connectivity index (χ3n) is 4.70. The van der Waals surface area contributed by atoms with Crippen LogP contribution in [0.3, 0.4) is 0 Å². The molecule has 134 valence electrons. The maximum Gasteiger partial charge on any atom is 0.315 e. The van der Waals surface area contributed by atoms with Crippen LogP contribution in [0.25, 0.3) is 0 Å². The van der Waals surface area contributed by atoms with Gasteiger partial charge in [-0.25, -0.2) is 0 Å². The van der Waals surface area contributed by atoms with Crippen LogP contribution in [0, 0.1) is 0 Å². The van der Waals surface area contributed by atoms with E-state index in [1.54, 1.807) is 0 Å². The highest BCUT2D eigenvalue weighted by molar-refractivity contribution is 6.07. The second-order valence-corrected chi connectivity index (χ2v) is 6.89. The Balaban J connectivity index is 1.83. The van der Waals surface area contributed by atoms with Crippen LogP contribution in [-0.2, 0) is 22.6 Å². The Kier molecular flexibility index (Phi) is 5.11. The summed E-state index contributed by atoms with van der Waals surface area (Å²) in [5.41, 5.74) is 2.26. The van der Waals surface area contributed by atoms with Gasteiger partial charge in [0.15, 0.2) is 0 Å². The Morgan fingerprint density at radius 3 is 2.76 bits per heavy atom. The zero-order valence-electron chi connectivity index (χ0n) is 15.2. The van der Waals surface area contributed by atoms with Crippen molar-refractivity contribution in [3.63, 3.8) is 0 Å². The molecule has 3 rings (SSSR count). The van der Waals surface area contributed by atoms with Crippen molar-refractivity contribution in [3.8, 4) is 0 Å². The average Bonchev–Trinajstić information content (AvgIpc) is 3.26. The molecule has 25 heavy (non-hydrogen) atoms. The van der Waals surface area contributed by atoms with E-state index >= 15 is 0 Å². The molecule has 5 heteroatoms. The molecule has 1 aliphatic heterocycles. The summed E-state index contributed by atoms with van der Waals surface area (Å²) in [5.74, 6) is -0.446. The molecule has 0 fully saturated rings. The topological polar surface area (TPSA) is 53.2 Å². The van der Waals surface area contributed by atoms with E-state index in [1.165, 1.54) is 0 Å². The van der Waals surface area contributed by atoms with E-state index in [1.807, 2.05) is 53.4 Å². The zero-order valence-corrected chi connectivity index (χ0v) is 15.2. The fourth-order valence-corrected chi connectivity index (χ4v) is 3.47. The molecule has 5 nitrogen and oxygen atoms in total. The number of carbonyl (C=O) groups is 2. The molecule has 0 spiro atoms. The van der Waals surface area contributed by atoms with Crippen LogP contribution in [0.15, 0.2) is 30.5 Å². The van der Waals surface area contributed by atoms with Gasteiger partial charge < -0.3 is 13.9 Å². The largest absolute Gasteiger partial charge is 0.462 e. The number of hydrogen-bond acceptors (Lipinski definition) is 3. The zero-order chi connectivity index (χ0) is 18.0. The third kappa shape index (κ3) is 3.41. The van der Waals surface area contributed by atoms with E-state index in [0.717, 1.165) is 25.1 Å². The van der Waals surface area contributed by atoms with Crippen molar-refractivity contribution in [2.24, 2.45) is 0 Å². The lowest BCUT2D eigenvalue weighted by atomic mass is 10.1. The van der Waals surface area contributed by atoms with Gasteiger partial charge in [0.25, 0.3) is 0 Å². The number of hydrogen-bond donors (Lipinski definition) is 0. The Labute approximate surface area is 148 Å². The van der Waals surface area contributed by atoms with E-state index in [-0.39, 0.29) is 23.8 Å². The summed E-state index contributed by atoms with van der Waals surface area (Å²) in [6, 6.07) is 7.52. The number of ketones is 1. The van der Waals surface area contributed by atoms with Gasteiger partial charge in [0.1, 0.15) is 0 Å². The number of aromatic nitrogens is 2. The third-order valence-corrected chi connectivity index (χ3v) is 4.70. The average molecular weight is 342 g/mol. The van der Waals surface area contributed by atoms with E-state index in [4.69, 9.17) is 4.74 Å². The fourth-order valence-electron chi connectivity index (χ4n) is 3.47. The molecule has 0 N–H and O–H groups in total. The first-order valence-corrected chi connectivity index (χ1v) is 9.12. The van der Waals surface area contributed by atoms with Crippen LogP contribution in [0.1, 0.15) is 67.8 Å². The molecule has 1 atom stereocenters. The van der Waals surface area contributed by atoms with Crippen molar-refractivity contribution >= 4 is 11.8 Å². The number of nitrogens with zero attached hydrogens (tertiary/aromatic N) is 2. The quantitative estimate of drug-likeness (QED) is 0.569. The van der Waals surface area contributed by atoms with Gasteiger partial charge in [-0.05, 0) is 51.0 Å². The molecule has 0 aromatic carbocycles. The van der Waals surface area contributed by atoms with Crippen LogP contribution in [-0.4, -0.2) is 27.0 Å². The molecule has 2 aromatic heterocycles. The first-order chi connectivity index (χ1) is 12.0. The van der Waals surface area contributed by atoms with Gasteiger partial charge in [0.2, 0.25) is 5.78 Å². The smallest absolute Gasteiger partial charge is 0.315 e. The summed E-state index contributed by atoms with van der Waals surface area (Å²) in [6.07, 6.45) is 4.66. The van der Waals surface area contributed by atoms with Gasteiger partial charge in [-0.3, -0.25) is 9.59 Å². The highest BCUT2D eigenvalue weighted by Crippen LogP contribution is 2.32. The van der Waals surface area contributed by atoms with Gasteiger partial charge in [-0.2, -0.15) is 0 Å². The van der Waals surface area contributed by atoms with Crippen molar-refractivity contribution in [2.45, 2.75) is 65.1 Å². The Morgan fingerprint density at radius 2 is 2.04 bits per heavy atom. The van der Waals surface area contributed by atoms with Crippen LogP contribution >= 0.6 is 0 Å². The molecule has 1 aliphatic rings. The van der Waals surface area contributed by atoms with Crippen LogP contribution in [0.4, 0.5) is 0 Å². The number of esters is 1. The van der Waals surface area contributed by atoms with Gasteiger partial charge in [-0.1, -0.05) is 13.3 Å². The highest BCUT2D eigenvalue weighted by Gasteiger charge is 2.33. The molecular weight excluding hydrogens is 316 g/mol. The minimum atomic E-state index is -0.268. The Hall–Kier alpha value is -2.30. The Morgan fingerprint density at radius 1 is 1.24 bits per heavy atom. The first-order valence-electron chi connectivity index (χ1n) is 9.12. The number of unbranched alkanes of at least 4 members (excludes halogenated alkanes) is 1. The molecule has 3 heterocycles. The van der Waals surface area contributed by atoms with Crippen molar-refractivity contribution in [1.82, 2.24) is 9.13 Å². The minimum absolute atomic E-state index is 0.0187. The maximum atomic E-state index is 13.0. The lowest BCUT2D eigenvalue weighted by Gasteiger charge is -2.12. The van der Waals surface area contributed by atoms with E-state index < -0.39 is 0 Å². The van der Waals surface area contributed by atoms with Gasteiger partial charge >= 0.3 is 5.97 Å². The summed E-state index contributed by atoms with van der Waals surface area (Å²) < 4.78 is 9.35. The summed E-state index contributed by atoms with van der Waals surface area (Å²) in [7, 11) is 0. The normalized spacial score (nSPS) is 16.2. The monoisotopic (exact) mass is 342 g/mol. The second kappa shape index (κ2) is 7.30. The maximum absolute atomic E-state index is 13.0. The molecule has 0 amide bonds. The van der Waals surface area contributed by atoms with Crippen molar-refractivity contribution in [2.75, 3.05) is 0 Å². The van der Waals surface area contributed by atoms with Gasteiger partial charge in [-0.15, -0.1) is 0 Å². The van der Waals surface area contributed by atoms with E-state index in [2.05, 4.69) is 6.92 Å². The minimum Gasteiger partial charge on any atom is -0.462 e. The highest BCUT2D eigenvalue weighted by atomic mass is 16.5. The van der Waals surface area contributed by atoms with Gasteiger partial charge in [0.05, 0.1) is 23.4 Å². The molecule has 0 saturated carbocycles. The predicted octanol–water partition coefficient (Wildman–Crippen LogP) is 3.76. The first kappa shape index (κ1) is 17.5. The number of rotatable bonds is 7. The number of ether oxygens (including phenoxy) is 1. The number of carbonyl (C=O) groups excluding carboxylic acids is 2. The lowest BCUT2D eigenvalue weighted by molar-refractivity contribution is -0.149. The van der Waals surface area contributed by atoms with Crippen molar-refractivity contribution < 1.29 is 14.3 Å². The summed E-state index contributed by atoms with van der Waals surface area (Å²) in [4.78, 5) is 25.3. The van der Waals surface area contributed by atoms with Crippen LogP contribution in [0.2, 0.25) is 0 Å². The molecule has 0 bridgehead atoms. The van der Waals surface area contributed by atoms with E-state index in [0.29, 0.717) is 24.4 Å². The SMILES string of the molecule is CCCCn1cccc1C(=O)c1ccc2n1CCC2C(=O)OC(C)C. The molecule has 2 aromatic rings. The van der Waals surface area contributed by atoms with E-state index in [9.17, 15) is 9.59 Å². The molecule has 0 radical (unpaired) electrons. The van der Waals surface area contributed by atoms with Crippen LogP contribution < -0.4 is 0 Å². The summed E-state index contributed by atoms with van der Waals surface area (Å²) >= 11 is 0. The molecule has 1 unspecified atom stereocenters. The predicted molar refractivity (Wildman–Crippen MR) is 95.8 cm³/mol. The fraction of sp³-hybridized carbons (Fsp3) is 0.500. The second-order valence-electron chi connectivity index (χ2n) is 6.89. The van der Waals surface area contributed by atoms with Crippen LogP contribution in [0.5, 0.6) is 0 Å². The number of fused-ring (bicyclic) bond motifs is 1. The Bertz CT molecular complexity index is 770. The number of aryl methyl sites for hydroxylation is 1. The summed E-state index contributed by atoms with van der Waals surface area (Å²) in [5, 5.41) is 0.